The van der Waals surface area contributed by atoms with Gasteiger partial charge in [-0.3, -0.25) is 4.79 Å². The summed E-state index contributed by atoms with van der Waals surface area (Å²) in [6.07, 6.45) is 8.21. The highest BCUT2D eigenvalue weighted by Gasteiger charge is 2.45. The maximum atomic E-state index is 11.4. The Bertz CT molecular complexity index is 591. The number of hydrogen-bond donors (Lipinski definition) is 5. The first-order valence-electron chi connectivity index (χ1n) is 14.9. The number of carbonyl (C=O) groups is 1. The monoisotopic (exact) mass is 597 g/mol. The number of aliphatic hydroxyl groups excluding tert-OH is 3. The summed E-state index contributed by atoms with van der Waals surface area (Å²) in [6, 6.07) is -0.966. The Labute approximate surface area is 246 Å². The van der Waals surface area contributed by atoms with E-state index in [0.29, 0.717) is 39.6 Å². The highest BCUT2D eigenvalue weighted by molar-refractivity contribution is 7.80. The van der Waals surface area contributed by atoms with E-state index in [2.05, 4.69) is 17.9 Å². The molecule has 0 unspecified atom stereocenters. The Kier molecular flexibility index (Phi) is 24.5. The van der Waals surface area contributed by atoms with Gasteiger partial charge in [-0.05, 0) is 18.6 Å². The van der Waals surface area contributed by atoms with Gasteiger partial charge in [0.1, 0.15) is 24.4 Å². The van der Waals surface area contributed by atoms with Crippen LogP contribution in [0.4, 0.5) is 0 Å². The van der Waals surface area contributed by atoms with Gasteiger partial charge in [-0.2, -0.15) is 12.6 Å². The van der Waals surface area contributed by atoms with E-state index < -0.39 is 43.2 Å². The Morgan fingerprint density at radius 1 is 0.700 bits per heavy atom. The van der Waals surface area contributed by atoms with Gasteiger partial charge in [-0.15, -0.1) is 0 Å². The minimum atomic E-state index is -1.34. The van der Waals surface area contributed by atoms with Crippen molar-refractivity contribution in [2.45, 2.75) is 102 Å². The van der Waals surface area contributed by atoms with Crippen molar-refractivity contribution in [3.05, 3.63) is 0 Å². The quantitative estimate of drug-likeness (QED) is 0.0703. The largest absolute Gasteiger partial charge is 0.394 e. The van der Waals surface area contributed by atoms with E-state index in [0.717, 1.165) is 18.8 Å². The van der Waals surface area contributed by atoms with Crippen LogP contribution in [0.2, 0.25) is 0 Å². The van der Waals surface area contributed by atoms with Gasteiger partial charge in [-0.25, -0.2) is 0 Å². The molecule has 0 saturated carbocycles. The highest BCUT2D eigenvalue weighted by Crippen LogP contribution is 2.22. The molecule has 5 atom stereocenters. The Balaban J connectivity index is 1.86. The first-order chi connectivity index (χ1) is 19.5. The summed E-state index contributed by atoms with van der Waals surface area (Å²) in [4.78, 5) is 11.4. The standard InChI is InChI=1S/C28H55NO10S/c1-23(31)29-25-27(33)26(32)24(22-30)39-28(25)38-20-19-37-18-17-36-16-15-35-14-13-34-12-10-8-6-4-2-3-5-7-9-11-21-40/h24-28,30,32-33,40H,2-22H2,1H3,(H,29,31)/t24-,25-,26-,27-,28-/m1/s1. The second kappa shape index (κ2) is 26.1. The lowest BCUT2D eigenvalue weighted by molar-refractivity contribution is -0.272. The minimum absolute atomic E-state index is 0.127. The highest BCUT2D eigenvalue weighted by atomic mass is 32.1. The van der Waals surface area contributed by atoms with Crippen LogP contribution in [0.1, 0.15) is 71.1 Å². The predicted molar refractivity (Wildman–Crippen MR) is 155 cm³/mol. The zero-order valence-corrected chi connectivity index (χ0v) is 25.3. The van der Waals surface area contributed by atoms with Crippen molar-refractivity contribution in [1.29, 1.82) is 0 Å². The van der Waals surface area contributed by atoms with Gasteiger partial charge in [0.25, 0.3) is 0 Å². The van der Waals surface area contributed by atoms with Crippen LogP contribution in [0.25, 0.3) is 0 Å². The molecule has 0 aromatic rings. The molecule has 0 aromatic heterocycles. The topological polar surface area (TPSA) is 145 Å². The molecule has 1 heterocycles. The van der Waals surface area contributed by atoms with Gasteiger partial charge in [0.2, 0.25) is 5.91 Å². The Hall–Kier alpha value is -0.540. The van der Waals surface area contributed by atoms with E-state index in [1.54, 1.807) is 0 Å². The van der Waals surface area contributed by atoms with Gasteiger partial charge >= 0.3 is 0 Å². The van der Waals surface area contributed by atoms with Crippen LogP contribution in [0, 0.1) is 0 Å². The van der Waals surface area contributed by atoms with Crippen molar-refractivity contribution in [2.24, 2.45) is 0 Å². The summed E-state index contributed by atoms with van der Waals surface area (Å²) in [5.74, 6) is 0.608. The summed E-state index contributed by atoms with van der Waals surface area (Å²) >= 11 is 4.24. The Morgan fingerprint density at radius 2 is 1.15 bits per heavy atom. The maximum Gasteiger partial charge on any atom is 0.217 e. The molecule has 0 radical (unpaired) electrons. The molecule has 0 bridgehead atoms. The normalized spacial score (nSPS) is 23.0. The van der Waals surface area contributed by atoms with Gasteiger partial charge in [0.05, 0.1) is 59.5 Å². The minimum Gasteiger partial charge on any atom is -0.394 e. The van der Waals surface area contributed by atoms with Crippen LogP contribution in [0.3, 0.4) is 0 Å². The molecule has 4 N–H and O–H groups in total. The van der Waals surface area contributed by atoms with Crippen molar-refractivity contribution in [2.75, 3.05) is 71.8 Å². The molecule has 11 nitrogen and oxygen atoms in total. The van der Waals surface area contributed by atoms with Gasteiger partial charge in [0.15, 0.2) is 6.29 Å². The van der Waals surface area contributed by atoms with Crippen LogP contribution in [-0.4, -0.2) is 124 Å². The fraction of sp³-hybridized carbons (Fsp3) is 0.964. The van der Waals surface area contributed by atoms with E-state index in [9.17, 15) is 20.1 Å². The first-order valence-corrected chi connectivity index (χ1v) is 15.6. The van der Waals surface area contributed by atoms with Crippen LogP contribution >= 0.6 is 12.6 Å². The fourth-order valence-corrected chi connectivity index (χ4v) is 4.55. The van der Waals surface area contributed by atoms with Crippen LogP contribution in [0.15, 0.2) is 0 Å². The van der Waals surface area contributed by atoms with E-state index in [1.165, 1.54) is 64.7 Å². The molecule has 1 rings (SSSR count). The lowest BCUT2D eigenvalue weighted by atomic mass is 9.97. The van der Waals surface area contributed by atoms with Crippen LogP contribution in [0.5, 0.6) is 0 Å². The van der Waals surface area contributed by atoms with Crippen molar-refractivity contribution < 1.29 is 48.5 Å². The van der Waals surface area contributed by atoms with Crippen molar-refractivity contribution >= 4 is 18.5 Å². The second-order valence-electron chi connectivity index (χ2n) is 10.0. The van der Waals surface area contributed by atoms with Crippen LogP contribution < -0.4 is 5.32 Å². The molecule has 1 fully saturated rings. The van der Waals surface area contributed by atoms with Gasteiger partial charge < -0.3 is 49.1 Å². The molecule has 1 aliphatic rings. The van der Waals surface area contributed by atoms with Gasteiger partial charge in [-0.1, -0.05) is 51.4 Å². The number of hydrogen-bond acceptors (Lipinski definition) is 11. The summed E-state index contributed by atoms with van der Waals surface area (Å²) in [5, 5.41) is 32.1. The molecule has 0 spiro atoms. The molecule has 238 valence electrons. The molecule has 40 heavy (non-hydrogen) atoms. The van der Waals surface area contributed by atoms with Gasteiger partial charge in [0, 0.05) is 13.5 Å². The number of amides is 1. The number of thiol groups is 1. The summed E-state index contributed by atoms with van der Waals surface area (Å²) in [6.45, 7) is 4.82. The van der Waals surface area contributed by atoms with Crippen molar-refractivity contribution in [3.8, 4) is 0 Å². The second-order valence-corrected chi connectivity index (χ2v) is 10.5. The third-order valence-electron chi connectivity index (χ3n) is 6.57. The smallest absolute Gasteiger partial charge is 0.217 e. The average molecular weight is 598 g/mol. The van der Waals surface area contributed by atoms with Crippen LogP contribution in [-0.2, 0) is 33.2 Å². The SMILES string of the molecule is CC(=O)N[C@H]1[C@H](OCCOCCOCCOCCOCCCCCCCCCCCCS)O[C@H](CO)[C@@H](O)[C@@H]1O. The summed E-state index contributed by atoms with van der Waals surface area (Å²) in [5.41, 5.74) is 0. The zero-order chi connectivity index (χ0) is 29.3. The Morgan fingerprint density at radius 3 is 1.62 bits per heavy atom. The van der Waals surface area contributed by atoms with E-state index in [-0.39, 0.29) is 13.2 Å². The molecular weight excluding hydrogens is 542 g/mol. The summed E-state index contributed by atoms with van der Waals surface area (Å²) in [7, 11) is 0. The molecule has 12 heteroatoms. The van der Waals surface area contributed by atoms with Crippen molar-refractivity contribution in [3.63, 3.8) is 0 Å². The molecule has 1 aliphatic heterocycles. The zero-order valence-electron chi connectivity index (χ0n) is 24.4. The number of ether oxygens (including phenoxy) is 6. The average Bonchev–Trinajstić information content (AvgIpc) is 2.94. The van der Waals surface area contributed by atoms with E-state index in [1.807, 2.05) is 0 Å². The lowest BCUT2D eigenvalue weighted by Gasteiger charge is -2.42. The third kappa shape index (κ3) is 18.8. The number of nitrogens with one attached hydrogen (secondary N) is 1. The maximum absolute atomic E-state index is 11.4. The van der Waals surface area contributed by atoms with E-state index >= 15 is 0 Å². The summed E-state index contributed by atoms with van der Waals surface area (Å²) < 4.78 is 33.1. The first kappa shape index (κ1) is 37.5. The van der Waals surface area contributed by atoms with E-state index in [4.69, 9.17) is 28.4 Å². The molecule has 0 aromatic carbocycles. The number of aliphatic hydroxyl groups is 3. The predicted octanol–water partition coefficient (Wildman–Crippen LogP) is 1.84. The lowest BCUT2D eigenvalue weighted by Crippen LogP contribution is -2.64. The number of unbranched alkanes of at least 4 members (excludes halogenated alkanes) is 9. The number of rotatable bonds is 27. The van der Waals surface area contributed by atoms with Crippen molar-refractivity contribution in [1.82, 2.24) is 5.32 Å². The third-order valence-corrected chi connectivity index (χ3v) is 6.89. The number of carbonyl (C=O) groups excluding carboxylic acids is 1. The molecular formula is C28H55NO10S. The fourth-order valence-electron chi connectivity index (χ4n) is 4.33. The molecule has 0 aliphatic carbocycles. The molecule has 1 amide bonds. The molecule has 1 saturated heterocycles.